The number of amides is 1. The highest BCUT2D eigenvalue weighted by Crippen LogP contribution is 2.03. The predicted molar refractivity (Wildman–Crippen MR) is 50.5 cm³/mol. The van der Waals surface area contributed by atoms with Crippen LogP contribution in [0, 0.1) is 0 Å². The van der Waals surface area contributed by atoms with Crippen molar-refractivity contribution < 1.29 is 9.53 Å². The molecule has 0 aromatic heterocycles. The largest absolute Gasteiger partial charge is 0.378 e. The van der Waals surface area contributed by atoms with Crippen LogP contribution in [-0.2, 0) is 9.53 Å². The van der Waals surface area contributed by atoms with Gasteiger partial charge in [0.1, 0.15) is 0 Å². The molecule has 0 spiro atoms. The van der Waals surface area contributed by atoms with Crippen molar-refractivity contribution in [1.82, 2.24) is 9.80 Å². The van der Waals surface area contributed by atoms with Crippen LogP contribution in [0.4, 0.5) is 0 Å². The first-order chi connectivity index (χ1) is 6.13. The maximum absolute atomic E-state index is 11.8. The van der Waals surface area contributed by atoms with Crippen molar-refractivity contribution >= 4 is 5.91 Å². The number of likely N-dealkylation sites (N-methyl/N-ethyl adjacent to an activating group) is 1. The van der Waals surface area contributed by atoms with Crippen LogP contribution in [0.5, 0.6) is 0 Å². The third-order valence-corrected chi connectivity index (χ3v) is 2.45. The molecule has 0 saturated carbocycles. The molecule has 1 saturated heterocycles. The monoisotopic (exact) mass is 186 g/mol. The molecule has 76 valence electrons. The second-order valence-electron chi connectivity index (χ2n) is 3.58. The Morgan fingerprint density at radius 2 is 1.92 bits per heavy atom. The van der Waals surface area contributed by atoms with Crippen molar-refractivity contribution in [2.75, 3.05) is 40.4 Å². The molecule has 1 atom stereocenters. The lowest BCUT2D eigenvalue weighted by Crippen LogP contribution is -2.48. The molecule has 0 unspecified atom stereocenters. The normalized spacial score (nSPS) is 20.5. The molecule has 1 aliphatic rings. The number of nitrogens with zero attached hydrogens (tertiary/aromatic N) is 2. The summed E-state index contributed by atoms with van der Waals surface area (Å²) in [5.41, 5.74) is 0. The minimum absolute atomic E-state index is 0.0295. The molecular formula is C9H18N2O2. The van der Waals surface area contributed by atoms with E-state index in [1.165, 1.54) is 0 Å². The molecule has 0 N–H and O–H groups in total. The van der Waals surface area contributed by atoms with Gasteiger partial charge in [-0.2, -0.15) is 0 Å². The van der Waals surface area contributed by atoms with Gasteiger partial charge in [-0.15, -0.1) is 0 Å². The zero-order valence-electron chi connectivity index (χ0n) is 8.62. The Hall–Kier alpha value is -0.610. The van der Waals surface area contributed by atoms with Crippen LogP contribution >= 0.6 is 0 Å². The maximum Gasteiger partial charge on any atom is 0.239 e. The van der Waals surface area contributed by atoms with Gasteiger partial charge in [0.05, 0.1) is 19.3 Å². The Bertz CT molecular complexity index is 176. The first kappa shape index (κ1) is 10.5. The quantitative estimate of drug-likeness (QED) is 0.598. The molecule has 1 rings (SSSR count). The molecule has 0 bridgehead atoms. The molecule has 0 radical (unpaired) electrons. The lowest BCUT2D eigenvalue weighted by atomic mass is 10.2. The minimum atomic E-state index is -0.0295. The third kappa shape index (κ3) is 2.67. The molecule has 0 aromatic rings. The lowest BCUT2D eigenvalue weighted by Gasteiger charge is -2.31. The van der Waals surface area contributed by atoms with E-state index in [2.05, 4.69) is 0 Å². The zero-order chi connectivity index (χ0) is 9.84. The standard InChI is InChI=1S/C9H18N2O2/c1-8(10(2)3)9(12)11-4-6-13-7-5-11/h8H,4-7H2,1-3H3/t8-/m1/s1. The van der Waals surface area contributed by atoms with E-state index < -0.39 is 0 Å². The van der Waals surface area contributed by atoms with Crippen LogP contribution in [0.1, 0.15) is 6.92 Å². The number of hydrogen-bond donors (Lipinski definition) is 0. The Morgan fingerprint density at radius 3 is 2.38 bits per heavy atom. The first-order valence-corrected chi connectivity index (χ1v) is 4.66. The topological polar surface area (TPSA) is 32.8 Å². The number of ether oxygens (including phenoxy) is 1. The molecule has 1 amide bonds. The Morgan fingerprint density at radius 1 is 1.38 bits per heavy atom. The molecule has 1 aliphatic heterocycles. The van der Waals surface area contributed by atoms with Crippen molar-refractivity contribution in [3.05, 3.63) is 0 Å². The van der Waals surface area contributed by atoms with Crippen molar-refractivity contribution in [3.8, 4) is 0 Å². The highest BCUT2D eigenvalue weighted by Gasteiger charge is 2.23. The fourth-order valence-electron chi connectivity index (χ4n) is 1.27. The van der Waals surface area contributed by atoms with Crippen molar-refractivity contribution in [1.29, 1.82) is 0 Å². The zero-order valence-corrected chi connectivity index (χ0v) is 8.62. The van der Waals surface area contributed by atoms with Crippen LogP contribution < -0.4 is 0 Å². The van der Waals surface area contributed by atoms with Crippen molar-refractivity contribution in [2.45, 2.75) is 13.0 Å². The van der Waals surface area contributed by atoms with E-state index in [1.54, 1.807) is 0 Å². The van der Waals surface area contributed by atoms with Gasteiger partial charge in [0, 0.05) is 13.1 Å². The Labute approximate surface area is 79.4 Å². The fraction of sp³-hybridized carbons (Fsp3) is 0.889. The highest BCUT2D eigenvalue weighted by molar-refractivity contribution is 5.81. The predicted octanol–water partition coefficient (Wildman–Crippen LogP) is -0.205. The number of carbonyl (C=O) groups excluding carboxylic acids is 1. The van der Waals surface area contributed by atoms with E-state index in [1.807, 2.05) is 30.8 Å². The number of carbonyl (C=O) groups is 1. The molecule has 1 fully saturated rings. The van der Waals surface area contributed by atoms with Crippen molar-refractivity contribution in [3.63, 3.8) is 0 Å². The summed E-state index contributed by atoms with van der Waals surface area (Å²) >= 11 is 0. The van der Waals surface area contributed by atoms with Crippen molar-refractivity contribution in [2.24, 2.45) is 0 Å². The SMILES string of the molecule is C[C@H](C(=O)N1CCOCC1)N(C)C. The van der Waals surface area contributed by atoms with Gasteiger partial charge in [-0.1, -0.05) is 0 Å². The van der Waals surface area contributed by atoms with Gasteiger partial charge in [-0.05, 0) is 21.0 Å². The molecular weight excluding hydrogens is 168 g/mol. The third-order valence-electron chi connectivity index (χ3n) is 2.45. The average Bonchev–Trinajstić information content (AvgIpc) is 2.17. The molecule has 1 heterocycles. The molecule has 4 nitrogen and oxygen atoms in total. The average molecular weight is 186 g/mol. The van der Waals surface area contributed by atoms with E-state index in [-0.39, 0.29) is 11.9 Å². The van der Waals surface area contributed by atoms with E-state index in [0.29, 0.717) is 13.2 Å². The van der Waals surface area contributed by atoms with Crippen LogP contribution in [0.3, 0.4) is 0 Å². The fourth-order valence-corrected chi connectivity index (χ4v) is 1.27. The van der Waals surface area contributed by atoms with Gasteiger partial charge < -0.3 is 9.64 Å². The summed E-state index contributed by atoms with van der Waals surface area (Å²) in [5.74, 6) is 0.202. The van der Waals surface area contributed by atoms with E-state index >= 15 is 0 Å². The summed E-state index contributed by atoms with van der Waals surface area (Å²) in [4.78, 5) is 15.6. The summed E-state index contributed by atoms with van der Waals surface area (Å²) in [6.07, 6.45) is 0. The van der Waals surface area contributed by atoms with Crippen LogP contribution in [-0.4, -0.2) is 62.1 Å². The summed E-state index contributed by atoms with van der Waals surface area (Å²) in [6, 6.07) is -0.0295. The van der Waals surface area contributed by atoms with Gasteiger partial charge in [-0.3, -0.25) is 9.69 Å². The summed E-state index contributed by atoms with van der Waals surface area (Å²) in [7, 11) is 3.84. The number of morpholine rings is 1. The van der Waals surface area contributed by atoms with Gasteiger partial charge in [0.2, 0.25) is 5.91 Å². The Kier molecular flexibility index (Phi) is 3.69. The molecule has 0 aliphatic carbocycles. The number of rotatable bonds is 2. The lowest BCUT2D eigenvalue weighted by molar-refractivity contribution is -0.139. The second kappa shape index (κ2) is 4.58. The highest BCUT2D eigenvalue weighted by atomic mass is 16.5. The van der Waals surface area contributed by atoms with Crippen LogP contribution in [0.25, 0.3) is 0 Å². The molecule has 4 heteroatoms. The molecule has 13 heavy (non-hydrogen) atoms. The first-order valence-electron chi connectivity index (χ1n) is 4.66. The van der Waals surface area contributed by atoms with Gasteiger partial charge in [0.25, 0.3) is 0 Å². The maximum atomic E-state index is 11.8. The smallest absolute Gasteiger partial charge is 0.239 e. The molecule has 0 aromatic carbocycles. The van der Waals surface area contributed by atoms with Gasteiger partial charge in [0.15, 0.2) is 0 Å². The van der Waals surface area contributed by atoms with Crippen LogP contribution in [0.2, 0.25) is 0 Å². The van der Waals surface area contributed by atoms with Crippen LogP contribution in [0.15, 0.2) is 0 Å². The van der Waals surface area contributed by atoms with Gasteiger partial charge in [-0.25, -0.2) is 0 Å². The second-order valence-corrected chi connectivity index (χ2v) is 3.58. The summed E-state index contributed by atoms with van der Waals surface area (Å²) in [5, 5.41) is 0. The summed E-state index contributed by atoms with van der Waals surface area (Å²) < 4.78 is 5.18. The van der Waals surface area contributed by atoms with E-state index in [9.17, 15) is 4.79 Å². The minimum Gasteiger partial charge on any atom is -0.378 e. The number of hydrogen-bond acceptors (Lipinski definition) is 3. The Balaban J connectivity index is 2.45. The van der Waals surface area contributed by atoms with E-state index in [0.717, 1.165) is 13.1 Å². The summed E-state index contributed by atoms with van der Waals surface area (Å²) in [6.45, 7) is 4.74. The van der Waals surface area contributed by atoms with Gasteiger partial charge >= 0.3 is 0 Å². The van der Waals surface area contributed by atoms with E-state index in [4.69, 9.17) is 4.74 Å².